The zero-order valence-corrected chi connectivity index (χ0v) is 20.7. The maximum absolute atomic E-state index is 13.5. The second-order valence-corrected chi connectivity index (χ2v) is 9.96. The highest BCUT2D eigenvalue weighted by Crippen LogP contribution is 2.33. The molecule has 0 saturated heterocycles. The van der Waals surface area contributed by atoms with Gasteiger partial charge in [-0.25, -0.2) is 9.79 Å². The van der Waals surface area contributed by atoms with Gasteiger partial charge in [-0.15, -0.1) is 11.3 Å². The summed E-state index contributed by atoms with van der Waals surface area (Å²) in [6.07, 6.45) is 2.53. The summed E-state index contributed by atoms with van der Waals surface area (Å²) in [7, 11) is 0. The zero-order chi connectivity index (χ0) is 23.5. The van der Waals surface area contributed by atoms with E-state index in [-0.39, 0.29) is 11.7 Å². The molecule has 1 atom stereocenters. The second-order valence-electron chi connectivity index (χ2n) is 7.97. The van der Waals surface area contributed by atoms with Crippen LogP contribution in [-0.2, 0) is 9.53 Å². The van der Waals surface area contributed by atoms with Crippen LogP contribution in [0.3, 0.4) is 0 Å². The van der Waals surface area contributed by atoms with Crippen molar-refractivity contribution in [2.24, 2.45) is 4.99 Å². The summed E-state index contributed by atoms with van der Waals surface area (Å²) in [6, 6.07) is 10.9. The summed E-state index contributed by atoms with van der Waals surface area (Å²) in [4.78, 5) is 32.6. The van der Waals surface area contributed by atoms with Crippen molar-refractivity contribution in [3.63, 3.8) is 0 Å². The summed E-state index contributed by atoms with van der Waals surface area (Å²) in [5.41, 5.74) is 1.70. The molecule has 1 aromatic carbocycles. The Morgan fingerprint density at radius 3 is 2.64 bits per heavy atom. The maximum Gasteiger partial charge on any atom is 0.338 e. The first-order valence-electron chi connectivity index (χ1n) is 10.9. The number of allylic oxidation sites excluding steroid dienone is 1. The third-order valence-corrected chi connectivity index (χ3v) is 6.96. The minimum absolute atomic E-state index is 0.175. The molecule has 172 valence electrons. The topological polar surface area (TPSA) is 69.9 Å². The number of ether oxygens (including phenoxy) is 2. The minimum Gasteiger partial charge on any atom is -0.494 e. The van der Waals surface area contributed by atoms with Gasteiger partial charge in [-0.1, -0.05) is 36.5 Å². The Kier molecular flexibility index (Phi) is 6.95. The van der Waals surface area contributed by atoms with E-state index in [9.17, 15) is 9.59 Å². The van der Waals surface area contributed by atoms with Crippen molar-refractivity contribution in [1.82, 2.24) is 4.57 Å². The van der Waals surface area contributed by atoms with E-state index < -0.39 is 12.0 Å². The molecule has 0 bridgehead atoms. The van der Waals surface area contributed by atoms with E-state index >= 15 is 0 Å². The van der Waals surface area contributed by atoms with Crippen molar-refractivity contribution in [3.05, 3.63) is 83.2 Å². The molecule has 4 rings (SSSR count). The van der Waals surface area contributed by atoms with Gasteiger partial charge in [0.15, 0.2) is 4.80 Å². The molecular weight excluding hydrogens is 456 g/mol. The molecule has 1 unspecified atom stereocenters. The van der Waals surface area contributed by atoms with Crippen LogP contribution in [0.1, 0.15) is 50.6 Å². The molecule has 3 aromatic rings. The van der Waals surface area contributed by atoms with E-state index in [0.717, 1.165) is 22.6 Å². The molecule has 0 N–H and O–H groups in total. The Morgan fingerprint density at radius 1 is 1.24 bits per heavy atom. The van der Waals surface area contributed by atoms with Crippen molar-refractivity contribution in [1.29, 1.82) is 0 Å². The number of benzene rings is 1. The SMILES string of the molecule is CCCOc1ccc(C=c2sc3n(c2=O)C(c2cccs2)C(C(=O)OC(C)C)=C(C)N=3)cc1. The first-order valence-corrected chi connectivity index (χ1v) is 12.6. The largest absolute Gasteiger partial charge is 0.494 e. The Bertz CT molecular complexity index is 1350. The molecule has 0 amide bonds. The van der Waals surface area contributed by atoms with Gasteiger partial charge >= 0.3 is 5.97 Å². The van der Waals surface area contributed by atoms with Crippen LogP contribution < -0.4 is 19.6 Å². The van der Waals surface area contributed by atoms with Crippen LogP contribution >= 0.6 is 22.7 Å². The number of thiazole rings is 1. The van der Waals surface area contributed by atoms with E-state index in [2.05, 4.69) is 11.9 Å². The lowest BCUT2D eigenvalue weighted by atomic mass is 10.0. The fourth-order valence-corrected chi connectivity index (χ4v) is 5.48. The molecule has 2 aromatic heterocycles. The van der Waals surface area contributed by atoms with E-state index in [1.165, 1.54) is 22.7 Å². The fraction of sp³-hybridized carbons (Fsp3) is 0.320. The molecular formula is C25H26N2O4S2. The molecule has 8 heteroatoms. The number of carbonyl (C=O) groups excluding carboxylic acids is 1. The highest BCUT2D eigenvalue weighted by atomic mass is 32.1. The Labute approximate surface area is 200 Å². The highest BCUT2D eigenvalue weighted by molar-refractivity contribution is 7.10. The van der Waals surface area contributed by atoms with Crippen molar-refractivity contribution < 1.29 is 14.3 Å². The second kappa shape index (κ2) is 9.89. The molecule has 33 heavy (non-hydrogen) atoms. The predicted molar refractivity (Wildman–Crippen MR) is 132 cm³/mol. The number of rotatable bonds is 7. The van der Waals surface area contributed by atoms with E-state index in [1.807, 2.05) is 61.7 Å². The standard InChI is InChI=1S/C25H26N2O4S2/c1-5-12-30-18-10-8-17(9-11-18)14-20-23(28)27-22(19-7-6-13-32-19)21(24(29)31-15(2)3)16(4)26-25(27)33-20/h6-11,13-15,22H,5,12H2,1-4H3. The van der Waals surface area contributed by atoms with E-state index in [1.54, 1.807) is 11.5 Å². The average molecular weight is 483 g/mol. The number of fused-ring (bicyclic) bond motifs is 1. The van der Waals surface area contributed by atoms with Gasteiger partial charge in [-0.05, 0) is 62.4 Å². The van der Waals surface area contributed by atoms with Gasteiger partial charge in [0.05, 0.1) is 28.5 Å². The number of hydrogen-bond acceptors (Lipinski definition) is 7. The normalized spacial score (nSPS) is 16.0. The Balaban J connectivity index is 1.80. The monoisotopic (exact) mass is 482 g/mol. The number of hydrogen-bond donors (Lipinski definition) is 0. The van der Waals surface area contributed by atoms with Gasteiger partial charge in [0, 0.05) is 4.88 Å². The molecule has 6 nitrogen and oxygen atoms in total. The lowest BCUT2D eigenvalue weighted by Crippen LogP contribution is -2.39. The molecule has 0 aliphatic carbocycles. The lowest BCUT2D eigenvalue weighted by Gasteiger charge is -2.24. The number of nitrogens with zero attached hydrogens (tertiary/aromatic N) is 2. The van der Waals surface area contributed by atoms with Gasteiger partial charge in [0.25, 0.3) is 5.56 Å². The van der Waals surface area contributed by atoms with Gasteiger partial charge in [0.2, 0.25) is 0 Å². The molecule has 1 aliphatic heterocycles. The Morgan fingerprint density at radius 2 is 2.00 bits per heavy atom. The van der Waals surface area contributed by atoms with Crippen molar-refractivity contribution >= 4 is 34.7 Å². The van der Waals surface area contributed by atoms with Gasteiger partial charge in [-0.2, -0.15) is 0 Å². The van der Waals surface area contributed by atoms with Crippen LogP contribution in [0.15, 0.2) is 62.8 Å². The van der Waals surface area contributed by atoms with Gasteiger partial charge in [-0.3, -0.25) is 9.36 Å². The highest BCUT2D eigenvalue weighted by Gasteiger charge is 2.34. The van der Waals surface area contributed by atoms with Crippen LogP contribution in [0.5, 0.6) is 5.75 Å². The molecule has 0 saturated carbocycles. The van der Waals surface area contributed by atoms with E-state index in [4.69, 9.17) is 9.47 Å². The Hall–Kier alpha value is -2.97. The van der Waals surface area contributed by atoms with Crippen molar-refractivity contribution in [2.45, 2.75) is 46.3 Å². The van der Waals surface area contributed by atoms with Crippen LogP contribution in [0.4, 0.5) is 0 Å². The number of carbonyl (C=O) groups is 1. The van der Waals surface area contributed by atoms with Crippen LogP contribution in [0.25, 0.3) is 6.08 Å². The smallest absolute Gasteiger partial charge is 0.338 e. The number of aromatic nitrogens is 1. The average Bonchev–Trinajstić information content (AvgIpc) is 3.40. The zero-order valence-electron chi connectivity index (χ0n) is 19.0. The quantitative estimate of drug-likeness (QED) is 0.477. The predicted octanol–water partition coefficient (Wildman–Crippen LogP) is 4.04. The molecule has 0 spiro atoms. The maximum atomic E-state index is 13.5. The number of thiophene rings is 1. The number of esters is 1. The van der Waals surface area contributed by atoms with Crippen LogP contribution in [-0.4, -0.2) is 23.2 Å². The summed E-state index contributed by atoms with van der Waals surface area (Å²) >= 11 is 2.82. The van der Waals surface area contributed by atoms with Crippen LogP contribution in [0.2, 0.25) is 0 Å². The summed E-state index contributed by atoms with van der Waals surface area (Å²) in [5.74, 6) is 0.360. The van der Waals surface area contributed by atoms with Crippen molar-refractivity contribution in [3.8, 4) is 5.75 Å². The van der Waals surface area contributed by atoms with Gasteiger partial charge < -0.3 is 9.47 Å². The molecule has 3 heterocycles. The third-order valence-electron chi connectivity index (χ3n) is 5.05. The summed E-state index contributed by atoms with van der Waals surface area (Å²) in [5, 5.41) is 1.94. The lowest BCUT2D eigenvalue weighted by molar-refractivity contribution is -0.143. The molecule has 0 radical (unpaired) electrons. The third kappa shape index (κ3) is 4.86. The van der Waals surface area contributed by atoms with Crippen molar-refractivity contribution in [2.75, 3.05) is 6.61 Å². The first-order chi connectivity index (χ1) is 15.9. The molecule has 1 aliphatic rings. The summed E-state index contributed by atoms with van der Waals surface area (Å²) < 4.78 is 13.3. The van der Waals surface area contributed by atoms with Gasteiger partial charge in [0.1, 0.15) is 11.8 Å². The van der Waals surface area contributed by atoms with Crippen LogP contribution in [0, 0.1) is 0 Å². The summed E-state index contributed by atoms with van der Waals surface area (Å²) in [6.45, 7) is 8.14. The van der Waals surface area contributed by atoms with E-state index in [0.29, 0.717) is 27.2 Å². The fourth-order valence-electron chi connectivity index (χ4n) is 3.61. The minimum atomic E-state index is -0.556. The molecule has 0 fully saturated rings. The first kappa shape index (κ1) is 23.2.